The van der Waals surface area contributed by atoms with Gasteiger partial charge in [-0.15, -0.1) is 0 Å². The number of hydrogen-bond acceptors (Lipinski definition) is 5. The van der Waals surface area contributed by atoms with Crippen molar-refractivity contribution in [3.8, 4) is 6.07 Å². The van der Waals surface area contributed by atoms with E-state index in [0.717, 1.165) is 10.5 Å². The van der Waals surface area contributed by atoms with Crippen LogP contribution in [0.5, 0.6) is 0 Å². The van der Waals surface area contributed by atoms with Crippen LogP contribution in [-0.4, -0.2) is 10.7 Å². The van der Waals surface area contributed by atoms with Crippen LogP contribution in [0.2, 0.25) is 0 Å². The molecule has 6 heteroatoms. The van der Waals surface area contributed by atoms with Crippen LogP contribution in [0.4, 0.5) is 5.69 Å². The second-order valence-corrected chi connectivity index (χ2v) is 7.37. The molecule has 0 spiro atoms. The number of allylic oxidation sites excluding steroid dienone is 1. The number of non-ortho nitro benzene ring substituents is 1. The predicted molar refractivity (Wildman–Crippen MR) is 113 cm³/mol. The molecule has 29 heavy (non-hydrogen) atoms. The molecular formula is C23H16N2O3S. The minimum absolute atomic E-state index is 0.0811. The minimum Gasteiger partial charge on any atom is -0.288 e. The van der Waals surface area contributed by atoms with Crippen LogP contribution >= 0.6 is 11.8 Å². The third kappa shape index (κ3) is 4.98. The van der Waals surface area contributed by atoms with Crippen molar-refractivity contribution >= 4 is 29.3 Å². The Morgan fingerprint density at radius 2 is 1.76 bits per heavy atom. The number of ketones is 1. The van der Waals surface area contributed by atoms with Crippen LogP contribution in [0.3, 0.4) is 0 Å². The second kappa shape index (κ2) is 9.00. The zero-order chi connectivity index (χ0) is 20.8. The Balaban J connectivity index is 2.04. The summed E-state index contributed by atoms with van der Waals surface area (Å²) >= 11 is 1.42. The molecule has 0 amide bonds. The lowest BCUT2D eigenvalue weighted by atomic mass is 10.0. The molecule has 0 aliphatic rings. The van der Waals surface area contributed by atoms with Crippen molar-refractivity contribution in [3.63, 3.8) is 0 Å². The Bertz CT molecular complexity index is 1130. The monoisotopic (exact) mass is 400 g/mol. The molecule has 3 rings (SSSR count). The highest BCUT2D eigenvalue weighted by Gasteiger charge is 2.15. The minimum atomic E-state index is -0.497. The van der Waals surface area contributed by atoms with E-state index in [1.165, 1.54) is 30.0 Å². The lowest BCUT2D eigenvalue weighted by Gasteiger charge is -2.07. The number of carbonyl (C=O) groups is 1. The molecule has 0 unspecified atom stereocenters. The molecule has 0 bridgehead atoms. The number of nitriles is 1. The van der Waals surface area contributed by atoms with Crippen LogP contribution in [0.1, 0.15) is 21.5 Å². The molecule has 0 N–H and O–H groups in total. The third-order valence-electron chi connectivity index (χ3n) is 4.15. The van der Waals surface area contributed by atoms with Gasteiger partial charge in [0.15, 0.2) is 0 Å². The number of nitro groups is 1. The van der Waals surface area contributed by atoms with Crippen LogP contribution in [0.25, 0.3) is 6.08 Å². The molecule has 142 valence electrons. The Kier molecular flexibility index (Phi) is 6.22. The van der Waals surface area contributed by atoms with Crippen molar-refractivity contribution in [2.75, 3.05) is 0 Å². The lowest BCUT2D eigenvalue weighted by Crippen LogP contribution is -2.02. The van der Waals surface area contributed by atoms with E-state index in [-0.39, 0.29) is 11.3 Å². The van der Waals surface area contributed by atoms with Gasteiger partial charge in [-0.05, 0) is 36.8 Å². The van der Waals surface area contributed by atoms with E-state index >= 15 is 0 Å². The standard InChI is InChI=1S/C23H16N2O3S/c1-16-7-10-21(11-8-16)29-22-12-9-20(25(27)28)14-18(22)13-19(15-24)23(26)17-5-3-2-4-6-17/h2-14H,1H3/b19-13-. The Hall–Kier alpha value is -3.69. The lowest BCUT2D eigenvalue weighted by molar-refractivity contribution is -0.384. The number of nitro benzene ring substituents is 1. The molecule has 0 radical (unpaired) electrons. The van der Waals surface area contributed by atoms with E-state index in [9.17, 15) is 20.2 Å². The number of rotatable bonds is 6. The molecule has 3 aromatic rings. The van der Waals surface area contributed by atoms with Crippen molar-refractivity contribution in [3.05, 3.63) is 105 Å². The van der Waals surface area contributed by atoms with Gasteiger partial charge in [-0.1, -0.05) is 59.8 Å². The van der Waals surface area contributed by atoms with Gasteiger partial charge in [0, 0.05) is 27.5 Å². The number of hydrogen-bond donors (Lipinski definition) is 0. The average molecular weight is 400 g/mol. The van der Waals surface area contributed by atoms with Gasteiger partial charge in [0.25, 0.3) is 5.69 Å². The van der Waals surface area contributed by atoms with E-state index in [0.29, 0.717) is 16.0 Å². The number of carbonyl (C=O) groups excluding carboxylic acids is 1. The fraction of sp³-hybridized carbons (Fsp3) is 0.0435. The van der Waals surface area contributed by atoms with E-state index in [1.807, 2.05) is 37.3 Å². The Morgan fingerprint density at radius 1 is 1.07 bits per heavy atom. The summed E-state index contributed by atoms with van der Waals surface area (Å²) in [5.41, 5.74) is 1.78. The molecular weight excluding hydrogens is 384 g/mol. The molecule has 0 saturated heterocycles. The van der Waals surface area contributed by atoms with Gasteiger partial charge in [0.05, 0.1) is 4.92 Å². The van der Waals surface area contributed by atoms with Gasteiger partial charge in [-0.2, -0.15) is 5.26 Å². The maximum atomic E-state index is 12.7. The Labute approximate surface area is 172 Å². The zero-order valence-corrected chi connectivity index (χ0v) is 16.3. The van der Waals surface area contributed by atoms with Gasteiger partial charge in [-0.3, -0.25) is 14.9 Å². The van der Waals surface area contributed by atoms with Gasteiger partial charge in [0.2, 0.25) is 5.78 Å². The number of benzene rings is 3. The van der Waals surface area contributed by atoms with Gasteiger partial charge in [-0.25, -0.2) is 0 Å². The largest absolute Gasteiger partial charge is 0.288 e. The van der Waals surface area contributed by atoms with E-state index < -0.39 is 10.7 Å². The maximum absolute atomic E-state index is 12.7. The highest BCUT2D eigenvalue weighted by atomic mass is 32.2. The fourth-order valence-electron chi connectivity index (χ4n) is 2.64. The number of Topliss-reactive ketones (excluding diaryl/α,β-unsaturated/α-hetero) is 1. The normalized spacial score (nSPS) is 11.0. The molecule has 5 nitrogen and oxygen atoms in total. The third-order valence-corrected chi connectivity index (χ3v) is 5.25. The summed E-state index contributed by atoms with van der Waals surface area (Å²) in [6.07, 6.45) is 1.42. The molecule has 0 atom stereocenters. The van der Waals surface area contributed by atoms with Crippen LogP contribution < -0.4 is 0 Å². The fourth-order valence-corrected chi connectivity index (χ4v) is 3.54. The summed E-state index contributed by atoms with van der Waals surface area (Å²) in [4.78, 5) is 25.1. The first-order valence-corrected chi connectivity index (χ1v) is 9.54. The van der Waals surface area contributed by atoms with Crippen LogP contribution in [0, 0.1) is 28.4 Å². The highest BCUT2D eigenvalue weighted by molar-refractivity contribution is 7.99. The molecule has 0 aliphatic carbocycles. The van der Waals surface area contributed by atoms with E-state index in [4.69, 9.17) is 0 Å². The predicted octanol–water partition coefficient (Wildman–Crippen LogP) is 5.84. The van der Waals surface area contributed by atoms with Gasteiger partial charge >= 0.3 is 0 Å². The van der Waals surface area contributed by atoms with E-state index in [2.05, 4.69) is 0 Å². The first kappa shape index (κ1) is 20.1. The van der Waals surface area contributed by atoms with Gasteiger partial charge in [0.1, 0.15) is 11.6 Å². The first-order chi connectivity index (χ1) is 14.0. The summed E-state index contributed by atoms with van der Waals surface area (Å²) in [7, 11) is 0. The number of aryl methyl sites for hydroxylation is 1. The highest BCUT2D eigenvalue weighted by Crippen LogP contribution is 2.34. The zero-order valence-electron chi connectivity index (χ0n) is 15.5. The van der Waals surface area contributed by atoms with Gasteiger partial charge < -0.3 is 0 Å². The molecule has 0 fully saturated rings. The molecule has 3 aromatic carbocycles. The maximum Gasteiger partial charge on any atom is 0.270 e. The number of nitrogens with zero attached hydrogens (tertiary/aromatic N) is 2. The van der Waals surface area contributed by atoms with Crippen molar-refractivity contribution in [2.45, 2.75) is 16.7 Å². The van der Waals surface area contributed by atoms with Crippen LogP contribution in [0.15, 0.2) is 88.2 Å². The molecule has 0 saturated carbocycles. The van der Waals surface area contributed by atoms with Crippen molar-refractivity contribution in [1.29, 1.82) is 5.26 Å². The topological polar surface area (TPSA) is 84.0 Å². The van der Waals surface area contributed by atoms with Crippen molar-refractivity contribution in [2.24, 2.45) is 0 Å². The summed E-state index contributed by atoms with van der Waals surface area (Å²) in [5.74, 6) is -0.425. The smallest absolute Gasteiger partial charge is 0.270 e. The van der Waals surface area contributed by atoms with Crippen LogP contribution in [-0.2, 0) is 0 Å². The summed E-state index contributed by atoms with van der Waals surface area (Å²) in [6, 6.07) is 22.7. The summed E-state index contributed by atoms with van der Waals surface area (Å²) < 4.78 is 0. The Morgan fingerprint density at radius 3 is 2.38 bits per heavy atom. The van der Waals surface area contributed by atoms with Crippen molar-refractivity contribution in [1.82, 2.24) is 0 Å². The molecule has 0 heterocycles. The quantitative estimate of drug-likeness (QED) is 0.170. The molecule has 0 aromatic heterocycles. The van der Waals surface area contributed by atoms with Crippen molar-refractivity contribution < 1.29 is 9.72 Å². The summed E-state index contributed by atoms with van der Waals surface area (Å²) in [5, 5.41) is 20.7. The summed E-state index contributed by atoms with van der Waals surface area (Å²) in [6.45, 7) is 1.99. The SMILES string of the molecule is Cc1ccc(Sc2ccc([N+](=O)[O-])cc2/C=C(/C#N)C(=O)c2ccccc2)cc1. The first-order valence-electron chi connectivity index (χ1n) is 8.72. The average Bonchev–Trinajstić information content (AvgIpc) is 2.74. The molecule has 0 aliphatic heterocycles. The second-order valence-electron chi connectivity index (χ2n) is 6.26. The van der Waals surface area contributed by atoms with E-state index in [1.54, 1.807) is 36.4 Å².